The first kappa shape index (κ1) is 13.0. The number of nitrogens with zero attached hydrogens (tertiary/aromatic N) is 2. The smallest absolute Gasteiger partial charge is 0.318 e. The van der Waals surface area contributed by atoms with Crippen molar-refractivity contribution >= 4 is 17.4 Å². The average molecular weight is 246 g/mol. The Kier molecular flexibility index (Phi) is 5.28. The molecule has 0 aliphatic carbocycles. The minimum absolute atomic E-state index is 0.280. The highest BCUT2D eigenvalue weighted by Crippen LogP contribution is 2.19. The summed E-state index contributed by atoms with van der Waals surface area (Å²) in [7, 11) is 1.50. The van der Waals surface area contributed by atoms with Crippen LogP contribution in [0.5, 0.6) is 6.01 Å². The van der Waals surface area contributed by atoms with E-state index in [-0.39, 0.29) is 12.1 Å². The van der Waals surface area contributed by atoms with Gasteiger partial charge in [0.2, 0.25) is 0 Å². The van der Waals surface area contributed by atoms with Crippen LogP contribution < -0.4 is 10.1 Å². The molecule has 90 valence electrons. The van der Waals surface area contributed by atoms with Crippen LogP contribution in [0.3, 0.4) is 0 Å². The molecule has 0 amide bonds. The van der Waals surface area contributed by atoms with Gasteiger partial charge in [0, 0.05) is 6.54 Å². The van der Waals surface area contributed by atoms with Crippen LogP contribution in [0, 0.1) is 0 Å². The van der Waals surface area contributed by atoms with Gasteiger partial charge in [-0.25, -0.2) is 4.98 Å². The molecule has 1 unspecified atom stereocenters. The SMILES string of the molecule is COc1ncc(Cl)c(NCCCC(C)O)n1. The minimum atomic E-state index is -0.280. The quantitative estimate of drug-likeness (QED) is 0.747. The predicted octanol–water partition coefficient (Wildman–Crippen LogP) is 1.71. The molecular formula is C10H16ClN3O2. The molecule has 1 atom stereocenters. The van der Waals surface area contributed by atoms with E-state index in [9.17, 15) is 0 Å². The minimum Gasteiger partial charge on any atom is -0.467 e. The lowest BCUT2D eigenvalue weighted by molar-refractivity contribution is 0.183. The number of halogens is 1. The van der Waals surface area contributed by atoms with E-state index in [2.05, 4.69) is 15.3 Å². The molecule has 1 aromatic rings. The summed E-state index contributed by atoms with van der Waals surface area (Å²) in [5, 5.41) is 12.6. The molecule has 2 N–H and O–H groups in total. The second kappa shape index (κ2) is 6.50. The van der Waals surface area contributed by atoms with Crippen molar-refractivity contribution in [2.75, 3.05) is 19.0 Å². The number of ether oxygens (including phenoxy) is 1. The second-order valence-electron chi connectivity index (χ2n) is 3.47. The maximum atomic E-state index is 9.09. The Morgan fingerprint density at radius 3 is 3.00 bits per heavy atom. The van der Waals surface area contributed by atoms with Crippen molar-refractivity contribution in [1.82, 2.24) is 9.97 Å². The number of aromatic nitrogens is 2. The molecule has 0 spiro atoms. The molecule has 5 nitrogen and oxygen atoms in total. The third-order valence-electron chi connectivity index (χ3n) is 2.00. The number of hydrogen-bond donors (Lipinski definition) is 2. The van der Waals surface area contributed by atoms with Gasteiger partial charge in [-0.05, 0) is 19.8 Å². The van der Waals surface area contributed by atoms with Crippen molar-refractivity contribution in [3.05, 3.63) is 11.2 Å². The van der Waals surface area contributed by atoms with Gasteiger partial charge < -0.3 is 15.2 Å². The van der Waals surface area contributed by atoms with Gasteiger partial charge in [-0.1, -0.05) is 11.6 Å². The summed E-state index contributed by atoms with van der Waals surface area (Å²) in [6.07, 6.45) is 2.80. The van der Waals surface area contributed by atoms with E-state index >= 15 is 0 Å². The summed E-state index contributed by atoms with van der Waals surface area (Å²) in [6.45, 7) is 2.46. The molecule has 1 heterocycles. The fourth-order valence-corrected chi connectivity index (χ4v) is 1.34. The first-order chi connectivity index (χ1) is 7.63. The predicted molar refractivity (Wildman–Crippen MR) is 63.0 cm³/mol. The summed E-state index contributed by atoms with van der Waals surface area (Å²) >= 11 is 5.90. The summed E-state index contributed by atoms with van der Waals surface area (Å²) in [6, 6.07) is 0.280. The summed E-state index contributed by atoms with van der Waals surface area (Å²) in [5.41, 5.74) is 0. The standard InChI is InChI=1S/C10H16ClN3O2/c1-7(15)4-3-5-12-9-8(11)6-13-10(14-9)16-2/h6-7,15H,3-5H2,1-2H3,(H,12,13,14). The van der Waals surface area contributed by atoms with Crippen LogP contribution in [-0.2, 0) is 0 Å². The number of hydrogen-bond acceptors (Lipinski definition) is 5. The molecule has 0 aromatic carbocycles. The van der Waals surface area contributed by atoms with Gasteiger partial charge in [0.05, 0.1) is 19.4 Å². The Morgan fingerprint density at radius 1 is 1.62 bits per heavy atom. The van der Waals surface area contributed by atoms with E-state index < -0.39 is 0 Å². The highest BCUT2D eigenvalue weighted by molar-refractivity contribution is 6.32. The number of anilines is 1. The Labute approximate surface area is 99.8 Å². The van der Waals surface area contributed by atoms with Crippen LogP contribution in [0.15, 0.2) is 6.20 Å². The Morgan fingerprint density at radius 2 is 2.38 bits per heavy atom. The molecule has 0 aliphatic rings. The fourth-order valence-electron chi connectivity index (χ4n) is 1.18. The van der Waals surface area contributed by atoms with Gasteiger partial charge in [-0.3, -0.25) is 0 Å². The van der Waals surface area contributed by atoms with Crippen LogP contribution in [-0.4, -0.2) is 34.8 Å². The van der Waals surface area contributed by atoms with Crippen molar-refractivity contribution in [3.8, 4) is 6.01 Å². The van der Waals surface area contributed by atoms with E-state index in [0.29, 0.717) is 17.4 Å². The summed E-state index contributed by atoms with van der Waals surface area (Å²) in [4.78, 5) is 7.94. The maximum absolute atomic E-state index is 9.09. The third kappa shape index (κ3) is 4.20. The first-order valence-corrected chi connectivity index (χ1v) is 5.49. The monoisotopic (exact) mass is 245 g/mol. The van der Waals surface area contributed by atoms with Gasteiger partial charge in [-0.15, -0.1) is 0 Å². The molecule has 1 aromatic heterocycles. The lowest BCUT2D eigenvalue weighted by Gasteiger charge is -2.08. The molecule has 0 fully saturated rings. The van der Waals surface area contributed by atoms with Crippen molar-refractivity contribution in [3.63, 3.8) is 0 Å². The van der Waals surface area contributed by atoms with E-state index in [1.807, 2.05) is 0 Å². The molecule has 1 rings (SSSR count). The third-order valence-corrected chi connectivity index (χ3v) is 2.27. The molecule has 6 heteroatoms. The van der Waals surface area contributed by atoms with Gasteiger partial charge >= 0.3 is 6.01 Å². The molecule has 0 saturated heterocycles. The molecule has 0 saturated carbocycles. The van der Waals surface area contributed by atoms with E-state index in [1.165, 1.54) is 13.3 Å². The van der Waals surface area contributed by atoms with E-state index in [4.69, 9.17) is 21.4 Å². The Bertz CT molecular complexity index is 334. The van der Waals surface area contributed by atoms with Crippen LogP contribution in [0.1, 0.15) is 19.8 Å². The van der Waals surface area contributed by atoms with Crippen LogP contribution in [0.2, 0.25) is 5.02 Å². The molecule has 0 aliphatic heterocycles. The van der Waals surface area contributed by atoms with Gasteiger partial charge in [-0.2, -0.15) is 4.98 Å². The van der Waals surface area contributed by atoms with Gasteiger partial charge in [0.25, 0.3) is 0 Å². The van der Waals surface area contributed by atoms with Crippen molar-refractivity contribution in [2.45, 2.75) is 25.9 Å². The van der Waals surface area contributed by atoms with Crippen molar-refractivity contribution in [2.24, 2.45) is 0 Å². The Balaban J connectivity index is 2.46. The Hall–Kier alpha value is -1.07. The maximum Gasteiger partial charge on any atom is 0.318 e. The number of methoxy groups -OCH3 is 1. The largest absolute Gasteiger partial charge is 0.467 e. The van der Waals surface area contributed by atoms with E-state index in [0.717, 1.165) is 12.8 Å². The topological polar surface area (TPSA) is 67.3 Å². The zero-order valence-corrected chi connectivity index (χ0v) is 10.2. The zero-order chi connectivity index (χ0) is 12.0. The second-order valence-corrected chi connectivity index (χ2v) is 3.88. The number of nitrogens with one attached hydrogen (secondary N) is 1. The van der Waals surface area contributed by atoms with Crippen LogP contribution in [0.4, 0.5) is 5.82 Å². The van der Waals surface area contributed by atoms with Gasteiger partial charge in [0.15, 0.2) is 5.82 Å². The summed E-state index contributed by atoms with van der Waals surface area (Å²) in [5.74, 6) is 0.555. The number of aliphatic hydroxyl groups is 1. The molecular weight excluding hydrogens is 230 g/mol. The van der Waals surface area contributed by atoms with Crippen LogP contribution in [0.25, 0.3) is 0 Å². The van der Waals surface area contributed by atoms with Crippen LogP contribution >= 0.6 is 11.6 Å². The fraction of sp³-hybridized carbons (Fsp3) is 0.600. The lowest BCUT2D eigenvalue weighted by atomic mass is 10.2. The lowest BCUT2D eigenvalue weighted by Crippen LogP contribution is -2.08. The molecule has 0 bridgehead atoms. The van der Waals surface area contributed by atoms with Crippen molar-refractivity contribution < 1.29 is 9.84 Å². The average Bonchev–Trinajstić information content (AvgIpc) is 2.26. The first-order valence-electron chi connectivity index (χ1n) is 5.12. The number of aliphatic hydroxyl groups excluding tert-OH is 1. The summed E-state index contributed by atoms with van der Waals surface area (Å²) < 4.78 is 4.89. The zero-order valence-electron chi connectivity index (χ0n) is 9.40. The number of rotatable bonds is 6. The molecule has 16 heavy (non-hydrogen) atoms. The van der Waals surface area contributed by atoms with E-state index in [1.54, 1.807) is 6.92 Å². The highest BCUT2D eigenvalue weighted by Gasteiger charge is 2.05. The molecule has 0 radical (unpaired) electrons. The highest BCUT2D eigenvalue weighted by atomic mass is 35.5. The van der Waals surface area contributed by atoms with Crippen molar-refractivity contribution in [1.29, 1.82) is 0 Å². The normalized spacial score (nSPS) is 12.2. The van der Waals surface area contributed by atoms with Gasteiger partial charge in [0.1, 0.15) is 5.02 Å².